The fourth-order valence-electron chi connectivity index (χ4n) is 2.38. The van der Waals surface area contributed by atoms with Gasteiger partial charge in [-0.2, -0.15) is 0 Å². The van der Waals surface area contributed by atoms with Gasteiger partial charge in [0.2, 0.25) is 0 Å². The van der Waals surface area contributed by atoms with E-state index in [0.29, 0.717) is 32.6 Å². The summed E-state index contributed by atoms with van der Waals surface area (Å²) in [5, 5.41) is 19.6. The van der Waals surface area contributed by atoms with Gasteiger partial charge in [0.25, 0.3) is 0 Å². The Hall–Kier alpha value is -1.10. The molecule has 2 rings (SSSR count). The van der Waals surface area contributed by atoms with Crippen LogP contribution in [-0.4, -0.2) is 47.5 Å². The van der Waals surface area contributed by atoms with Gasteiger partial charge in [-0.3, -0.25) is 4.90 Å². The quantitative estimate of drug-likeness (QED) is 0.848. The first-order valence-corrected chi connectivity index (χ1v) is 6.34. The Balaban J connectivity index is 1.87. The van der Waals surface area contributed by atoms with Gasteiger partial charge in [0.05, 0.1) is 5.60 Å². The first-order chi connectivity index (χ1) is 8.57. The SMILES string of the molecule is CN(Cc1ccc(O)cc1)CC1(O)CCOCC1. The molecule has 0 aliphatic carbocycles. The van der Waals surface area contributed by atoms with E-state index >= 15 is 0 Å². The summed E-state index contributed by atoms with van der Waals surface area (Å²) >= 11 is 0. The number of rotatable bonds is 4. The molecule has 100 valence electrons. The van der Waals surface area contributed by atoms with Crippen molar-refractivity contribution >= 4 is 0 Å². The Kier molecular flexibility index (Phi) is 4.22. The minimum Gasteiger partial charge on any atom is -0.508 e. The van der Waals surface area contributed by atoms with Gasteiger partial charge < -0.3 is 14.9 Å². The van der Waals surface area contributed by atoms with E-state index in [-0.39, 0.29) is 5.75 Å². The van der Waals surface area contributed by atoms with Gasteiger partial charge in [0.1, 0.15) is 5.75 Å². The molecule has 0 aromatic heterocycles. The molecule has 1 saturated heterocycles. The Morgan fingerprint density at radius 2 is 1.83 bits per heavy atom. The first kappa shape index (κ1) is 13.3. The molecule has 1 aromatic rings. The fourth-order valence-corrected chi connectivity index (χ4v) is 2.38. The largest absolute Gasteiger partial charge is 0.508 e. The lowest BCUT2D eigenvalue weighted by atomic mass is 9.94. The molecule has 0 bridgehead atoms. The summed E-state index contributed by atoms with van der Waals surface area (Å²) in [5.74, 6) is 0.282. The Morgan fingerprint density at radius 3 is 2.44 bits per heavy atom. The number of nitrogens with zero attached hydrogens (tertiary/aromatic N) is 1. The number of phenolic OH excluding ortho intramolecular Hbond substituents is 1. The lowest BCUT2D eigenvalue weighted by Crippen LogP contribution is -2.45. The van der Waals surface area contributed by atoms with E-state index in [4.69, 9.17) is 4.74 Å². The molecular formula is C14H21NO3. The maximum atomic E-state index is 10.4. The second-order valence-electron chi connectivity index (χ2n) is 5.18. The molecule has 1 aliphatic heterocycles. The number of hydrogen-bond acceptors (Lipinski definition) is 4. The predicted molar refractivity (Wildman–Crippen MR) is 69.4 cm³/mol. The average Bonchev–Trinajstić information content (AvgIpc) is 2.32. The van der Waals surface area contributed by atoms with Crippen molar-refractivity contribution in [2.24, 2.45) is 0 Å². The highest BCUT2D eigenvalue weighted by molar-refractivity contribution is 5.25. The van der Waals surface area contributed by atoms with Crippen LogP contribution in [0.4, 0.5) is 0 Å². The summed E-state index contributed by atoms with van der Waals surface area (Å²) in [6.45, 7) is 2.70. The lowest BCUT2D eigenvalue weighted by molar-refractivity contribution is -0.0777. The van der Waals surface area contributed by atoms with Crippen LogP contribution < -0.4 is 0 Å². The summed E-state index contributed by atoms with van der Waals surface area (Å²) in [6.07, 6.45) is 1.40. The maximum absolute atomic E-state index is 10.4. The van der Waals surface area contributed by atoms with Gasteiger partial charge in [-0.15, -0.1) is 0 Å². The van der Waals surface area contributed by atoms with Crippen molar-refractivity contribution in [2.75, 3.05) is 26.8 Å². The zero-order chi connectivity index (χ0) is 13.0. The highest BCUT2D eigenvalue weighted by Crippen LogP contribution is 2.22. The molecule has 0 atom stereocenters. The normalized spacial score (nSPS) is 19.1. The van der Waals surface area contributed by atoms with Crippen LogP contribution in [0.1, 0.15) is 18.4 Å². The van der Waals surface area contributed by atoms with E-state index in [2.05, 4.69) is 4.90 Å². The van der Waals surface area contributed by atoms with E-state index in [0.717, 1.165) is 12.1 Å². The molecule has 2 N–H and O–H groups in total. The topological polar surface area (TPSA) is 52.9 Å². The van der Waals surface area contributed by atoms with Crippen LogP contribution in [0.3, 0.4) is 0 Å². The van der Waals surface area contributed by atoms with Crippen LogP contribution >= 0.6 is 0 Å². The van der Waals surface area contributed by atoms with E-state index in [9.17, 15) is 10.2 Å². The molecule has 1 fully saturated rings. The maximum Gasteiger partial charge on any atom is 0.115 e. The van der Waals surface area contributed by atoms with Crippen molar-refractivity contribution in [3.63, 3.8) is 0 Å². The number of aliphatic hydroxyl groups is 1. The van der Waals surface area contributed by atoms with Crippen molar-refractivity contribution in [2.45, 2.75) is 25.0 Å². The van der Waals surface area contributed by atoms with Crippen LogP contribution in [-0.2, 0) is 11.3 Å². The average molecular weight is 251 g/mol. The highest BCUT2D eigenvalue weighted by atomic mass is 16.5. The molecular weight excluding hydrogens is 230 g/mol. The van der Waals surface area contributed by atoms with E-state index in [1.165, 1.54) is 0 Å². The molecule has 0 amide bonds. The fraction of sp³-hybridized carbons (Fsp3) is 0.571. The van der Waals surface area contributed by atoms with Crippen LogP contribution in [0.15, 0.2) is 24.3 Å². The van der Waals surface area contributed by atoms with Crippen LogP contribution in [0.25, 0.3) is 0 Å². The van der Waals surface area contributed by atoms with Crippen LogP contribution in [0.5, 0.6) is 5.75 Å². The van der Waals surface area contributed by atoms with Crippen molar-refractivity contribution < 1.29 is 14.9 Å². The second-order valence-corrected chi connectivity index (χ2v) is 5.18. The van der Waals surface area contributed by atoms with Gasteiger partial charge in [-0.25, -0.2) is 0 Å². The van der Waals surface area contributed by atoms with Crippen molar-refractivity contribution in [1.29, 1.82) is 0 Å². The molecule has 0 radical (unpaired) electrons. The Bertz CT molecular complexity index is 371. The molecule has 0 saturated carbocycles. The number of likely N-dealkylation sites (N-methyl/N-ethyl adjacent to an activating group) is 1. The minimum atomic E-state index is -0.621. The van der Waals surface area contributed by atoms with Gasteiger partial charge in [0, 0.05) is 39.1 Å². The highest BCUT2D eigenvalue weighted by Gasteiger charge is 2.30. The zero-order valence-electron chi connectivity index (χ0n) is 10.8. The van der Waals surface area contributed by atoms with Gasteiger partial charge >= 0.3 is 0 Å². The van der Waals surface area contributed by atoms with Crippen molar-refractivity contribution in [3.05, 3.63) is 29.8 Å². The second kappa shape index (κ2) is 5.69. The third-order valence-corrected chi connectivity index (χ3v) is 3.38. The summed E-state index contributed by atoms with van der Waals surface area (Å²) in [7, 11) is 2.00. The van der Waals surface area contributed by atoms with Crippen LogP contribution in [0.2, 0.25) is 0 Å². The Labute approximate surface area is 108 Å². The number of phenols is 1. The molecule has 4 heteroatoms. The third kappa shape index (κ3) is 3.70. The summed E-state index contributed by atoms with van der Waals surface area (Å²) in [4.78, 5) is 2.11. The summed E-state index contributed by atoms with van der Waals surface area (Å²) in [6, 6.07) is 7.18. The van der Waals surface area contributed by atoms with Crippen LogP contribution in [0, 0.1) is 0 Å². The number of hydrogen-bond donors (Lipinski definition) is 2. The van der Waals surface area contributed by atoms with E-state index in [1.807, 2.05) is 19.2 Å². The first-order valence-electron chi connectivity index (χ1n) is 6.34. The minimum absolute atomic E-state index is 0.282. The van der Waals surface area contributed by atoms with Crippen molar-refractivity contribution in [3.8, 4) is 5.75 Å². The standard InChI is InChI=1S/C14H21NO3/c1-15(10-12-2-4-13(16)5-3-12)11-14(17)6-8-18-9-7-14/h2-5,16-17H,6-11H2,1H3. The molecule has 4 nitrogen and oxygen atoms in total. The van der Waals surface area contributed by atoms with Gasteiger partial charge in [-0.1, -0.05) is 12.1 Å². The van der Waals surface area contributed by atoms with Gasteiger partial charge in [-0.05, 0) is 24.7 Å². The number of ether oxygens (including phenoxy) is 1. The molecule has 1 heterocycles. The van der Waals surface area contributed by atoms with E-state index < -0.39 is 5.60 Å². The molecule has 0 spiro atoms. The molecule has 18 heavy (non-hydrogen) atoms. The number of aromatic hydroxyl groups is 1. The number of benzene rings is 1. The zero-order valence-corrected chi connectivity index (χ0v) is 10.8. The van der Waals surface area contributed by atoms with E-state index in [1.54, 1.807) is 12.1 Å². The molecule has 1 aliphatic rings. The third-order valence-electron chi connectivity index (χ3n) is 3.38. The summed E-state index contributed by atoms with van der Waals surface area (Å²) < 4.78 is 5.27. The van der Waals surface area contributed by atoms with Gasteiger partial charge in [0.15, 0.2) is 0 Å². The monoisotopic (exact) mass is 251 g/mol. The van der Waals surface area contributed by atoms with Crippen molar-refractivity contribution in [1.82, 2.24) is 4.90 Å². The lowest BCUT2D eigenvalue weighted by Gasteiger charge is -2.35. The summed E-state index contributed by atoms with van der Waals surface area (Å²) in [5.41, 5.74) is 0.509. The predicted octanol–water partition coefficient (Wildman–Crippen LogP) is 1.37. The Morgan fingerprint density at radius 1 is 1.22 bits per heavy atom. The molecule has 0 unspecified atom stereocenters. The molecule has 1 aromatic carbocycles. The smallest absolute Gasteiger partial charge is 0.115 e.